The number of likely N-dealkylation sites (tertiary alicyclic amines) is 1. The Labute approximate surface area is 152 Å². The van der Waals surface area contributed by atoms with Crippen LogP contribution in [0.5, 0.6) is 0 Å². The third-order valence-corrected chi connectivity index (χ3v) is 4.50. The van der Waals surface area contributed by atoms with E-state index in [1.54, 1.807) is 6.92 Å². The van der Waals surface area contributed by atoms with Crippen LogP contribution in [-0.4, -0.2) is 41.0 Å². The van der Waals surface area contributed by atoms with E-state index in [9.17, 15) is 14.9 Å². The summed E-state index contributed by atoms with van der Waals surface area (Å²) in [6, 6.07) is 9.54. The minimum absolute atomic E-state index is 0.0550. The first-order chi connectivity index (χ1) is 12.6. The van der Waals surface area contributed by atoms with E-state index in [-0.39, 0.29) is 24.6 Å². The number of nitriles is 1. The number of carbonyl (C=O) groups excluding carboxylic acids is 2. The van der Waals surface area contributed by atoms with Crippen LogP contribution in [0, 0.1) is 11.3 Å². The Bertz CT molecular complexity index is 899. The maximum absolute atomic E-state index is 12.5. The summed E-state index contributed by atoms with van der Waals surface area (Å²) in [5.74, 6) is -0.551. The van der Waals surface area contributed by atoms with Crippen LogP contribution in [0.1, 0.15) is 25.3 Å². The van der Waals surface area contributed by atoms with Crippen molar-refractivity contribution in [3.05, 3.63) is 41.6 Å². The lowest BCUT2D eigenvalue weighted by molar-refractivity contribution is -0.138. The molecular formula is C20H21N3O3. The van der Waals surface area contributed by atoms with Crippen LogP contribution in [0.15, 0.2) is 36.0 Å². The summed E-state index contributed by atoms with van der Waals surface area (Å²) in [4.78, 5) is 26.3. The lowest BCUT2D eigenvalue weighted by atomic mass is 10.1. The van der Waals surface area contributed by atoms with Gasteiger partial charge in [0.2, 0.25) is 5.91 Å². The summed E-state index contributed by atoms with van der Waals surface area (Å²) in [5, 5.41) is 10.2. The minimum atomic E-state index is -0.639. The Balaban J connectivity index is 1.95. The number of amides is 1. The van der Waals surface area contributed by atoms with E-state index in [0.717, 1.165) is 42.4 Å². The molecule has 0 atom stereocenters. The fourth-order valence-electron chi connectivity index (χ4n) is 3.23. The predicted molar refractivity (Wildman–Crippen MR) is 98.0 cm³/mol. The third kappa shape index (κ3) is 3.62. The van der Waals surface area contributed by atoms with Crippen molar-refractivity contribution >= 4 is 28.9 Å². The van der Waals surface area contributed by atoms with Gasteiger partial charge in [-0.3, -0.25) is 4.79 Å². The van der Waals surface area contributed by atoms with Crippen LogP contribution in [-0.2, 0) is 20.9 Å². The summed E-state index contributed by atoms with van der Waals surface area (Å²) < 4.78 is 6.80. The van der Waals surface area contributed by atoms with Crippen molar-refractivity contribution in [3.63, 3.8) is 0 Å². The molecular weight excluding hydrogens is 330 g/mol. The topological polar surface area (TPSA) is 75.3 Å². The molecule has 1 aromatic carbocycles. The van der Waals surface area contributed by atoms with Crippen LogP contribution in [0.25, 0.3) is 17.0 Å². The number of fused-ring (bicyclic) bond motifs is 1. The first-order valence-electron chi connectivity index (χ1n) is 8.78. The van der Waals surface area contributed by atoms with E-state index < -0.39 is 5.97 Å². The Morgan fingerprint density at radius 1 is 1.27 bits per heavy atom. The van der Waals surface area contributed by atoms with Gasteiger partial charge in [0.05, 0.1) is 6.61 Å². The SMILES string of the molecule is CCOC(=O)/C(C#N)=C/c1cn(CC(=O)N2CCCC2)c2ccccc12. The Morgan fingerprint density at radius 2 is 2.00 bits per heavy atom. The van der Waals surface area contributed by atoms with Gasteiger partial charge in [-0.05, 0) is 31.9 Å². The van der Waals surface area contributed by atoms with E-state index in [1.807, 2.05) is 46.0 Å². The number of hydrogen-bond donors (Lipinski definition) is 0. The maximum Gasteiger partial charge on any atom is 0.348 e. The van der Waals surface area contributed by atoms with Gasteiger partial charge in [0.15, 0.2) is 0 Å². The Morgan fingerprint density at radius 3 is 2.69 bits per heavy atom. The van der Waals surface area contributed by atoms with E-state index >= 15 is 0 Å². The summed E-state index contributed by atoms with van der Waals surface area (Å²) in [7, 11) is 0. The average molecular weight is 351 g/mol. The first kappa shape index (κ1) is 17.7. The highest BCUT2D eigenvalue weighted by Crippen LogP contribution is 2.24. The first-order valence-corrected chi connectivity index (χ1v) is 8.78. The predicted octanol–water partition coefficient (Wildman–Crippen LogP) is 2.73. The van der Waals surface area contributed by atoms with Crippen LogP contribution in [0.3, 0.4) is 0 Å². The van der Waals surface area contributed by atoms with Crippen LogP contribution < -0.4 is 0 Å². The molecule has 6 heteroatoms. The van der Waals surface area contributed by atoms with Gasteiger partial charge in [-0.2, -0.15) is 5.26 Å². The molecule has 1 saturated heterocycles. The van der Waals surface area contributed by atoms with Gasteiger partial charge < -0.3 is 14.2 Å². The van der Waals surface area contributed by atoms with E-state index in [1.165, 1.54) is 6.08 Å². The molecule has 1 aromatic heterocycles. The molecule has 6 nitrogen and oxygen atoms in total. The van der Waals surface area contributed by atoms with Crippen molar-refractivity contribution in [1.29, 1.82) is 5.26 Å². The highest BCUT2D eigenvalue weighted by atomic mass is 16.5. The largest absolute Gasteiger partial charge is 0.462 e. The van der Waals surface area contributed by atoms with Crippen molar-refractivity contribution < 1.29 is 14.3 Å². The molecule has 0 radical (unpaired) electrons. The number of hydrogen-bond acceptors (Lipinski definition) is 4. The molecule has 2 heterocycles. The Kier molecular flexibility index (Phi) is 5.37. The standard InChI is InChI=1S/C20H21N3O3/c1-2-26-20(25)15(12-21)11-16-13-23(18-8-4-3-7-17(16)18)14-19(24)22-9-5-6-10-22/h3-4,7-8,11,13H,2,5-6,9-10,14H2,1H3/b15-11+. The van der Waals surface area contributed by atoms with E-state index in [2.05, 4.69) is 0 Å². The molecule has 0 bridgehead atoms. The number of benzene rings is 1. The molecule has 134 valence electrons. The number of esters is 1. The highest BCUT2D eigenvalue weighted by molar-refractivity contribution is 6.01. The molecule has 3 rings (SSSR count). The second kappa shape index (κ2) is 7.87. The molecule has 0 aliphatic carbocycles. The van der Waals surface area contributed by atoms with Gasteiger partial charge in [-0.1, -0.05) is 18.2 Å². The van der Waals surface area contributed by atoms with Gasteiger partial charge >= 0.3 is 5.97 Å². The number of carbonyl (C=O) groups is 2. The average Bonchev–Trinajstić information content (AvgIpc) is 3.29. The fourth-order valence-corrected chi connectivity index (χ4v) is 3.23. The van der Waals surface area contributed by atoms with Crippen LogP contribution in [0.4, 0.5) is 0 Å². The normalized spacial score (nSPS) is 14.5. The molecule has 1 aliphatic rings. The van der Waals surface area contributed by atoms with Crippen molar-refractivity contribution in [1.82, 2.24) is 9.47 Å². The molecule has 0 unspecified atom stereocenters. The zero-order valence-corrected chi connectivity index (χ0v) is 14.8. The highest BCUT2D eigenvalue weighted by Gasteiger charge is 2.19. The molecule has 0 N–H and O–H groups in total. The summed E-state index contributed by atoms with van der Waals surface area (Å²) in [5.41, 5.74) is 1.56. The monoisotopic (exact) mass is 351 g/mol. The Hall–Kier alpha value is -3.07. The molecule has 2 aromatic rings. The molecule has 0 saturated carbocycles. The summed E-state index contributed by atoms with van der Waals surface area (Å²) in [6.45, 7) is 3.78. The smallest absolute Gasteiger partial charge is 0.348 e. The zero-order valence-electron chi connectivity index (χ0n) is 14.8. The van der Waals surface area contributed by atoms with Gasteiger partial charge in [-0.15, -0.1) is 0 Å². The molecule has 1 aliphatic heterocycles. The van der Waals surface area contributed by atoms with Crippen molar-refractivity contribution in [3.8, 4) is 6.07 Å². The van der Waals surface area contributed by atoms with Crippen LogP contribution in [0.2, 0.25) is 0 Å². The maximum atomic E-state index is 12.5. The summed E-state index contributed by atoms with van der Waals surface area (Å²) in [6.07, 6.45) is 5.45. The van der Waals surface area contributed by atoms with E-state index in [0.29, 0.717) is 0 Å². The number of nitrogens with zero attached hydrogens (tertiary/aromatic N) is 3. The van der Waals surface area contributed by atoms with Gasteiger partial charge in [0.1, 0.15) is 18.2 Å². The second-order valence-electron chi connectivity index (χ2n) is 6.21. The quantitative estimate of drug-likeness (QED) is 0.471. The third-order valence-electron chi connectivity index (χ3n) is 4.50. The minimum Gasteiger partial charge on any atom is -0.462 e. The summed E-state index contributed by atoms with van der Waals surface area (Å²) >= 11 is 0. The van der Waals surface area contributed by atoms with Gasteiger partial charge in [0.25, 0.3) is 0 Å². The van der Waals surface area contributed by atoms with Gasteiger partial charge in [0, 0.05) is 35.8 Å². The lowest BCUT2D eigenvalue weighted by Gasteiger charge is -2.15. The number of para-hydroxylation sites is 1. The zero-order chi connectivity index (χ0) is 18.5. The number of rotatable bonds is 5. The van der Waals surface area contributed by atoms with Crippen molar-refractivity contribution in [2.45, 2.75) is 26.3 Å². The van der Waals surface area contributed by atoms with Crippen LogP contribution >= 0.6 is 0 Å². The number of ether oxygens (including phenoxy) is 1. The number of aromatic nitrogens is 1. The van der Waals surface area contributed by atoms with Gasteiger partial charge in [-0.25, -0.2) is 4.79 Å². The molecule has 1 fully saturated rings. The van der Waals surface area contributed by atoms with Crippen molar-refractivity contribution in [2.24, 2.45) is 0 Å². The molecule has 0 spiro atoms. The lowest BCUT2D eigenvalue weighted by Crippen LogP contribution is -2.30. The fraction of sp³-hybridized carbons (Fsp3) is 0.350. The molecule has 1 amide bonds. The van der Waals surface area contributed by atoms with Crippen molar-refractivity contribution in [2.75, 3.05) is 19.7 Å². The molecule has 26 heavy (non-hydrogen) atoms. The van der Waals surface area contributed by atoms with E-state index in [4.69, 9.17) is 4.74 Å². The second-order valence-corrected chi connectivity index (χ2v) is 6.21.